The molecule has 130 valence electrons. The van der Waals surface area contributed by atoms with Crippen molar-refractivity contribution in [2.75, 3.05) is 17.7 Å². The number of aromatic nitrogens is 2. The molecule has 0 radical (unpaired) electrons. The molecular weight excluding hydrogens is 346 g/mol. The van der Waals surface area contributed by atoms with E-state index in [1.54, 1.807) is 24.3 Å². The summed E-state index contributed by atoms with van der Waals surface area (Å²) in [6.07, 6.45) is -0.218. The van der Waals surface area contributed by atoms with E-state index < -0.39 is 23.8 Å². The third kappa shape index (κ3) is 3.98. The van der Waals surface area contributed by atoms with Crippen LogP contribution < -0.4 is 16.0 Å². The van der Waals surface area contributed by atoms with Crippen molar-refractivity contribution in [1.29, 1.82) is 0 Å². The molecule has 2 heterocycles. The molecule has 1 aromatic heterocycles. The summed E-state index contributed by atoms with van der Waals surface area (Å²) in [5, 5.41) is 16.4. The summed E-state index contributed by atoms with van der Waals surface area (Å²) < 4.78 is 4.93. The Morgan fingerprint density at radius 1 is 1.32 bits per heavy atom. The average molecular weight is 361 g/mol. The Bertz CT molecular complexity index is 822. The van der Waals surface area contributed by atoms with Crippen molar-refractivity contribution in [3.63, 3.8) is 0 Å². The Balaban J connectivity index is 1.65. The first kappa shape index (κ1) is 17.0. The van der Waals surface area contributed by atoms with Crippen molar-refractivity contribution in [3.8, 4) is 0 Å². The number of nitrogens with zero attached hydrogens (tertiary/aromatic N) is 2. The highest BCUT2D eigenvalue weighted by atomic mass is 32.1. The monoisotopic (exact) mass is 361 g/mol. The van der Waals surface area contributed by atoms with Crippen LogP contribution in [0.3, 0.4) is 0 Å². The van der Waals surface area contributed by atoms with Crippen LogP contribution in [0.1, 0.15) is 21.8 Å². The number of benzene rings is 1. The van der Waals surface area contributed by atoms with Gasteiger partial charge in [-0.25, -0.2) is 0 Å². The fourth-order valence-electron chi connectivity index (χ4n) is 2.30. The predicted molar refractivity (Wildman–Crippen MR) is 90.2 cm³/mol. The molecule has 0 spiro atoms. The van der Waals surface area contributed by atoms with Gasteiger partial charge in [-0.1, -0.05) is 23.5 Å². The van der Waals surface area contributed by atoms with Gasteiger partial charge in [0.25, 0.3) is 5.91 Å². The van der Waals surface area contributed by atoms with Gasteiger partial charge in [-0.15, -0.1) is 10.2 Å². The number of hydrogen-bond acceptors (Lipinski definition) is 7. The lowest BCUT2D eigenvalue weighted by Crippen LogP contribution is -2.43. The number of fused-ring (bicyclic) bond motifs is 1. The lowest BCUT2D eigenvalue weighted by atomic mass is 10.1. The van der Waals surface area contributed by atoms with E-state index in [1.165, 1.54) is 18.4 Å². The predicted octanol–water partition coefficient (Wildman–Crippen LogP) is 0.764. The summed E-state index contributed by atoms with van der Waals surface area (Å²) >= 11 is 1.18. The SMILES string of the molecule is COCc1nnc(NC(=O)C[C@@H]2NC(=O)c3ccccc3NC2=O)s1. The molecule has 2 aromatic rings. The fourth-order valence-corrected chi connectivity index (χ4v) is 3.02. The quantitative estimate of drug-likeness (QED) is 0.723. The molecule has 0 bridgehead atoms. The number of carbonyl (C=O) groups excluding carboxylic acids is 3. The molecule has 9 nitrogen and oxygen atoms in total. The molecule has 0 aliphatic carbocycles. The second kappa shape index (κ2) is 7.36. The van der Waals surface area contributed by atoms with Gasteiger partial charge in [0.2, 0.25) is 16.9 Å². The molecule has 3 amide bonds. The first-order valence-corrected chi connectivity index (χ1v) is 8.20. The number of hydrogen-bond donors (Lipinski definition) is 3. The molecule has 3 rings (SSSR count). The van der Waals surface area contributed by atoms with Crippen molar-refractivity contribution < 1.29 is 19.1 Å². The van der Waals surface area contributed by atoms with Gasteiger partial charge in [-0.05, 0) is 12.1 Å². The van der Waals surface area contributed by atoms with Crippen molar-refractivity contribution in [3.05, 3.63) is 34.8 Å². The molecule has 1 aliphatic rings. The zero-order chi connectivity index (χ0) is 17.8. The van der Waals surface area contributed by atoms with Crippen LogP contribution in [0.5, 0.6) is 0 Å². The second-order valence-electron chi connectivity index (χ2n) is 5.25. The van der Waals surface area contributed by atoms with E-state index in [-0.39, 0.29) is 6.42 Å². The van der Waals surface area contributed by atoms with E-state index in [9.17, 15) is 14.4 Å². The molecule has 1 aromatic carbocycles. The Kier molecular flexibility index (Phi) is 5.00. The number of nitrogens with one attached hydrogen (secondary N) is 3. The highest BCUT2D eigenvalue weighted by Crippen LogP contribution is 2.20. The van der Waals surface area contributed by atoms with Gasteiger partial charge in [0.1, 0.15) is 17.7 Å². The molecule has 3 N–H and O–H groups in total. The van der Waals surface area contributed by atoms with E-state index >= 15 is 0 Å². The van der Waals surface area contributed by atoms with Crippen LogP contribution in [0.2, 0.25) is 0 Å². The highest BCUT2D eigenvalue weighted by molar-refractivity contribution is 7.15. The van der Waals surface area contributed by atoms with E-state index in [2.05, 4.69) is 26.1 Å². The van der Waals surface area contributed by atoms with E-state index in [4.69, 9.17) is 4.74 Å². The maximum Gasteiger partial charge on any atom is 0.254 e. The first-order valence-electron chi connectivity index (χ1n) is 7.38. The van der Waals surface area contributed by atoms with Gasteiger partial charge in [0, 0.05) is 7.11 Å². The smallest absolute Gasteiger partial charge is 0.254 e. The van der Waals surface area contributed by atoms with Crippen LogP contribution in [0, 0.1) is 0 Å². The molecule has 1 atom stereocenters. The lowest BCUT2D eigenvalue weighted by molar-refractivity contribution is -0.122. The maximum atomic E-state index is 12.3. The zero-order valence-corrected chi connectivity index (χ0v) is 14.1. The minimum atomic E-state index is -0.980. The lowest BCUT2D eigenvalue weighted by Gasteiger charge is -2.13. The Morgan fingerprint density at radius 3 is 2.92 bits per heavy atom. The number of amides is 3. The number of ether oxygens (including phenoxy) is 1. The van der Waals surface area contributed by atoms with Gasteiger partial charge in [0.05, 0.1) is 17.7 Å². The molecule has 25 heavy (non-hydrogen) atoms. The Hall–Kier alpha value is -2.85. The number of carbonyl (C=O) groups is 3. The van der Waals surface area contributed by atoms with Crippen molar-refractivity contribution >= 4 is 39.9 Å². The van der Waals surface area contributed by atoms with E-state index in [0.717, 1.165) is 0 Å². The highest BCUT2D eigenvalue weighted by Gasteiger charge is 2.29. The maximum absolute atomic E-state index is 12.3. The zero-order valence-electron chi connectivity index (χ0n) is 13.2. The third-order valence-electron chi connectivity index (χ3n) is 3.42. The molecule has 0 unspecified atom stereocenters. The van der Waals surface area contributed by atoms with E-state index in [0.29, 0.717) is 28.0 Å². The number of anilines is 2. The van der Waals surface area contributed by atoms with Crippen LogP contribution in [-0.4, -0.2) is 41.1 Å². The minimum Gasteiger partial charge on any atom is -0.377 e. The number of rotatable bonds is 5. The van der Waals surface area contributed by atoms with Gasteiger partial charge < -0.3 is 20.7 Å². The summed E-state index contributed by atoms with van der Waals surface area (Å²) in [6.45, 7) is 0.298. The summed E-state index contributed by atoms with van der Waals surface area (Å²) in [6, 6.07) is 5.67. The Morgan fingerprint density at radius 2 is 2.12 bits per heavy atom. The first-order chi connectivity index (χ1) is 12.1. The van der Waals surface area contributed by atoms with Crippen LogP contribution in [-0.2, 0) is 20.9 Å². The van der Waals surface area contributed by atoms with Crippen LogP contribution >= 0.6 is 11.3 Å². The minimum absolute atomic E-state index is 0.218. The molecule has 0 fully saturated rings. The molecule has 0 saturated carbocycles. The van der Waals surface area contributed by atoms with Gasteiger partial charge in [-0.2, -0.15) is 0 Å². The molecule has 0 saturated heterocycles. The summed E-state index contributed by atoms with van der Waals surface area (Å²) in [5.74, 6) is -1.32. The van der Waals surface area contributed by atoms with Crippen LogP contribution in [0.25, 0.3) is 0 Å². The molecule has 10 heteroatoms. The van der Waals surface area contributed by atoms with Crippen LogP contribution in [0.4, 0.5) is 10.8 Å². The van der Waals surface area contributed by atoms with Crippen LogP contribution in [0.15, 0.2) is 24.3 Å². The van der Waals surface area contributed by atoms with Crippen molar-refractivity contribution in [1.82, 2.24) is 15.5 Å². The second-order valence-corrected chi connectivity index (χ2v) is 6.31. The van der Waals surface area contributed by atoms with Crippen molar-refractivity contribution in [2.24, 2.45) is 0 Å². The summed E-state index contributed by atoms with van der Waals surface area (Å²) in [4.78, 5) is 36.6. The standard InChI is InChI=1S/C15H15N5O4S/c1-24-7-12-19-20-15(25-12)18-11(21)6-10-14(23)16-9-5-3-2-4-8(9)13(22)17-10/h2-5,10H,6-7H2,1H3,(H,16,23)(H,17,22)(H,18,20,21)/t10-/m0/s1. The molecular formula is C15H15N5O4S. The van der Waals surface area contributed by atoms with Crippen molar-refractivity contribution in [2.45, 2.75) is 19.1 Å². The topological polar surface area (TPSA) is 122 Å². The summed E-state index contributed by atoms with van der Waals surface area (Å²) in [7, 11) is 1.53. The summed E-state index contributed by atoms with van der Waals surface area (Å²) in [5.41, 5.74) is 0.772. The largest absolute Gasteiger partial charge is 0.377 e. The van der Waals surface area contributed by atoms with Gasteiger partial charge in [0.15, 0.2) is 0 Å². The normalized spacial score (nSPS) is 16.4. The number of para-hydroxylation sites is 1. The fraction of sp³-hybridized carbons (Fsp3) is 0.267. The Labute approximate surface area is 146 Å². The van der Waals surface area contributed by atoms with Gasteiger partial charge in [-0.3, -0.25) is 14.4 Å². The number of methoxy groups -OCH3 is 1. The van der Waals surface area contributed by atoms with E-state index in [1.807, 2.05) is 0 Å². The third-order valence-corrected chi connectivity index (χ3v) is 4.23. The average Bonchev–Trinajstić information content (AvgIpc) is 2.97. The molecule has 1 aliphatic heterocycles. The van der Waals surface area contributed by atoms with Gasteiger partial charge >= 0.3 is 0 Å².